The number of nitrogens with zero attached hydrogens (tertiary/aromatic N) is 1. The maximum Gasteiger partial charge on any atom is 0.248 e. The van der Waals surface area contributed by atoms with Gasteiger partial charge < -0.3 is 15.4 Å². The van der Waals surface area contributed by atoms with Gasteiger partial charge in [0.2, 0.25) is 17.7 Å². The highest BCUT2D eigenvalue weighted by Gasteiger charge is 2.35. The largest absolute Gasteiger partial charge is 0.497 e. The van der Waals surface area contributed by atoms with Crippen molar-refractivity contribution >= 4 is 51.2 Å². The van der Waals surface area contributed by atoms with Crippen LogP contribution in [0.1, 0.15) is 43.0 Å². The molecule has 2 atom stereocenters. The number of carbonyl (C=O) groups is 3. The quantitative estimate of drug-likeness (QED) is 0.336. The Morgan fingerprint density at radius 1 is 1.02 bits per heavy atom. The van der Waals surface area contributed by atoms with Crippen molar-refractivity contribution < 1.29 is 27.7 Å². The Morgan fingerprint density at radius 3 is 2.35 bits per heavy atom. The van der Waals surface area contributed by atoms with E-state index in [2.05, 4.69) is 10.6 Å². The van der Waals surface area contributed by atoms with Gasteiger partial charge in [0.1, 0.15) is 29.1 Å². The van der Waals surface area contributed by atoms with Crippen molar-refractivity contribution in [1.82, 2.24) is 5.32 Å². The van der Waals surface area contributed by atoms with Crippen molar-refractivity contribution in [3.05, 3.63) is 76.7 Å². The Hall–Kier alpha value is -3.57. The molecule has 0 bridgehead atoms. The van der Waals surface area contributed by atoms with Gasteiger partial charge in [-0.25, -0.2) is 4.39 Å². The fourth-order valence-electron chi connectivity index (χ4n) is 4.66. The van der Waals surface area contributed by atoms with Gasteiger partial charge >= 0.3 is 0 Å². The number of thiophene rings is 1. The Morgan fingerprint density at radius 2 is 1.73 bits per heavy atom. The lowest BCUT2D eigenvalue weighted by Crippen LogP contribution is -2.48. The summed E-state index contributed by atoms with van der Waals surface area (Å²) >= 11 is 1.36. The van der Waals surface area contributed by atoms with E-state index in [1.54, 1.807) is 30.3 Å². The van der Waals surface area contributed by atoms with E-state index in [0.717, 1.165) is 32.1 Å². The minimum atomic E-state index is -1.87. The first-order valence-corrected chi connectivity index (χ1v) is 15.4. The number of halogens is 1. The molecule has 3 aromatic rings. The minimum Gasteiger partial charge on any atom is -0.497 e. The van der Waals surface area contributed by atoms with Crippen molar-refractivity contribution in [2.45, 2.75) is 44.2 Å². The molecule has 3 amide bonds. The number of rotatable bonds is 11. The first kappa shape index (κ1) is 29.4. The number of anilines is 2. The molecule has 1 aromatic heterocycles. The highest BCUT2D eigenvalue weighted by Crippen LogP contribution is 2.32. The number of nitrogens with one attached hydrogen (secondary N) is 2. The molecule has 0 radical (unpaired) electrons. The minimum absolute atomic E-state index is 0.0285. The summed E-state index contributed by atoms with van der Waals surface area (Å²) in [6.45, 7) is 0. The Labute approximate surface area is 239 Å². The third kappa shape index (κ3) is 7.98. The summed E-state index contributed by atoms with van der Waals surface area (Å²) in [6, 6.07) is 14.6. The molecule has 2 aromatic carbocycles. The van der Waals surface area contributed by atoms with Gasteiger partial charge in [0.05, 0.1) is 7.11 Å². The lowest BCUT2D eigenvalue weighted by molar-refractivity contribution is -0.126. The van der Waals surface area contributed by atoms with E-state index < -0.39 is 46.0 Å². The van der Waals surface area contributed by atoms with E-state index in [1.165, 1.54) is 47.6 Å². The van der Waals surface area contributed by atoms with Crippen LogP contribution in [0.4, 0.5) is 15.8 Å². The number of hydrogen-bond donors (Lipinski definition) is 2. The molecule has 1 heterocycles. The SMILES string of the molecule is COc1ccc(N(C(=O)C[S@@](=O)CC(=O)Nc2ccc(F)cc2)[C@H](C(=O)NC2CCCCC2)c2cccs2)cc1. The monoisotopic (exact) mass is 585 g/mol. The van der Waals surface area contributed by atoms with Crippen LogP contribution >= 0.6 is 11.3 Å². The average molecular weight is 586 g/mol. The van der Waals surface area contributed by atoms with Crippen LogP contribution in [0.2, 0.25) is 0 Å². The Bertz CT molecular complexity index is 1310. The molecule has 2 N–H and O–H groups in total. The summed E-state index contributed by atoms with van der Waals surface area (Å²) in [7, 11) is -0.340. The molecule has 1 aliphatic carbocycles. The predicted molar refractivity (Wildman–Crippen MR) is 155 cm³/mol. The van der Waals surface area contributed by atoms with Gasteiger partial charge in [0, 0.05) is 33.1 Å². The molecule has 212 valence electrons. The van der Waals surface area contributed by atoms with Crippen molar-refractivity contribution in [3.63, 3.8) is 0 Å². The third-order valence-corrected chi connectivity index (χ3v) is 8.67. The standard InChI is InChI=1S/C29H32FN3O5S2/c1-38-24-15-13-23(14-16-24)33(27(35)19-40(37)18-26(34)31-22-11-9-20(30)10-12-22)28(25-8-5-17-39-25)29(36)32-21-6-3-2-4-7-21/h5,8-17,21,28H,2-4,6-7,18-19H2,1H3,(H,31,34)(H,32,36)/t28-,40-/m0/s1. The van der Waals surface area contributed by atoms with E-state index in [9.17, 15) is 23.0 Å². The third-order valence-electron chi connectivity index (χ3n) is 6.59. The number of methoxy groups -OCH3 is 1. The molecule has 1 saturated carbocycles. The second-order valence-corrected chi connectivity index (χ2v) is 11.9. The molecular weight excluding hydrogens is 553 g/mol. The van der Waals surface area contributed by atoms with Gasteiger partial charge in [0.25, 0.3) is 0 Å². The molecule has 40 heavy (non-hydrogen) atoms. The summed E-state index contributed by atoms with van der Waals surface area (Å²) in [4.78, 5) is 42.0. The average Bonchev–Trinajstić information content (AvgIpc) is 3.47. The summed E-state index contributed by atoms with van der Waals surface area (Å²) in [5.41, 5.74) is 0.794. The molecule has 4 rings (SSSR count). The lowest BCUT2D eigenvalue weighted by Gasteiger charge is -2.32. The molecular formula is C29H32FN3O5S2. The van der Waals surface area contributed by atoms with Crippen molar-refractivity contribution in [2.75, 3.05) is 28.8 Å². The van der Waals surface area contributed by atoms with Crippen LogP contribution < -0.4 is 20.3 Å². The maximum absolute atomic E-state index is 13.8. The van der Waals surface area contributed by atoms with Crippen LogP contribution in [0.3, 0.4) is 0 Å². The van der Waals surface area contributed by atoms with Crippen molar-refractivity contribution in [3.8, 4) is 5.75 Å². The fourth-order valence-corrected chi connectivity index (χ4v) is 6.36. The molecule has 0 aliphatic heterocycles. The van der Waals surface area contributed by atoms with Gasteiger partial charge in [-0.1, -0.05) is 25.3 Å². The maximum atomic E-state index is 13.8. The lowest BCUT2D eigenvalue weighted by atomic mass is 9.95. The van der Waals surface area contributed by atoms with E-state index >= 15 is 0 Å². The summed E-state index contributed by atoms with van der Waals surface area (Å²) in [5.74, 6) is -2.21. The first-order valence-electron chi connectivity index (χ1n) is 13.0. The molecule has 0 spiro atoms. The first-order chi connectivity index (χ1) is 19.3. The van der Waals surface area contributed by atoms with Crippen molar-refractivity contribution in [1.29, 1.82) is 0 Å². The van der Waals surface area contributed by atoms with Crippen LogP contribution in [0, 0.1) is 5.82 Å². The molecule has 0 unspecified atom stereocenters. The van der Waals surface area contributed by atoms with Crippen LogP contribution in [0.15, 0.2) is 66.0 Å². The summed E-state index contributed by atoms with van der Waals surface area (Å²) in [5, 5.41) is 7.53. The topological polar surface area (TPSA) is 105 Å². The predicted octanol–water partition coefficient (Wildman–Crippen LogP) is 4.81. The van der Waals surface area contributed by atoms with Gasteiger partial charge in [-0.2, -0.15) is 0 Å². The molecule has 1 fully saturated rings. The number of benzene rings is 2. The summed E-state index contributed by atoms with van der Waals surface area (Å²) in [6.07, 6.45) is 4.97. The van der Waals surface area contributed by atoms with Crippen LogP contribution in [0.25, 0.3) is 0 Å². The second-order valence-electron chi connectivity index (χ2n) is 9.51. The fraction of sp³-hybridized carbons (Fsp3) is 0.345. The molecule has 8 nitrogen and oxygen atoms in total. The number of carbonyl (C=O) groups excluding carboxylic acids is 3. The Kier molecular flexibility index (Phi) is 10.4. The van der Waals surface area contributed by atoms with E-state index in [-0.39, 0.29) is 11.9 Å². The van der Waals surface area contributed by atoms with Gasteiger partial charge in [0.15, 0.2) is 0 Å². The highest BCUT2D eigenvalue weighted by molar-refractivity contribution is 7.86. The van der Waals surface area contributed by atoms with Gasteiger partial charge in [-0.05, 0) is 72.8 Å². The number of hydrogen-bond acceptors (Lipinski definition) is 6. The van der Waals surface area contributed by atoms with Gasteiger partial charge in [-0.15, -0.1) is 11.3 Å². The zero-order valence-corrected chi connectivity index (χ0v) is 23.8. The van der Waals surface area contributed by atoms with E-state index in [0.29, 0.717) is 22.0 Å². The van der Waals surface area contributed by atoms with Crippen LogP contribution in [-0.2, 0) is 25.2 Å². The van der Waals surface area contributed by atoms with Crippen LogP contribution in [-0.4, -0.2) is 46.6 Å². The highest BCUT2D eigenvalue weighted by atomic mass is 32.2. The number of ether oxygens (including phenoxy) is 1. The summed E-state index contributed by atoms with van der Waals surface area (Å²) < 4.78 is 31.4. The molecule has 0 saturated heterocycles. The molecule has 11 heteroatoms. The smallest absolute Gasteiger partial charge is 0.248 e. The van der Waals surface area contributed by atoms with Gasteiger partial charge in [-0.3, -0.25) is 23.5 Å². The van der Waals surface area contributed by atoms with E-state index in [4.69, 9.17) is 4.74 Å². The van der Waals surface area contributed by atoms with Crippen molar-refractivity contribution in [2.24, 2.45) is 0 Å². The normalized spacial score (nSPS) is 15.1. The Balaban J connectivity index is 1.56. The van der Waals surface area contributed by atoms with Crippen LogP contribution in [0.5, 0.6) is 5.75 Å². The number of amides is 3. The van der Waals surface area contributed by atoms with E-state index in [1.807, 2.05) is 11.4 Å². The zero-order chi connectivity index (χ0) is 28.5. The second kappa shape index (κ2) is 14.2. The zero-order valence-electron chi connectivity index (χ0n) is 22.1. The molecule has 1 aliphatic rings.